The molecule has 4 rings (SSSR count). The average molecular weight is 334 g/mol. The SMILES string of the molecule is Nc1nc2ccc3ccc(CNc4cccc(F)c4)cc3c2c(=O)[nH]1. The normalized spacial score (nSPS) is 11.1. The number of aromatic amines is 1. The largest absolute Gasteiger partial charge is 0.381 e. The Balaban J connectivity index is 1.76. The lowest BCUT2D eigenvalue weighted by atomic mass is 10.0. The van der Waals surface area contributed by atoms with Crippen molar-refractivity contribution in [3.8, 4) is 0 Å². The van der Waals surface area contributed by atoms with Crippen LogP contribution in [-0.2, 0) is 6.54 Å². The summed E-state index contributed by atoms with van der Waals surface area (Å²) in [5.41, 5.74) is 7.59. The van der Waals surface area contributed by atoms with Gasteiger partial charge in [0.15, 0.2) is 0 Å². The molecule has 0 saturated carbocycles. The molecular weight excluding hydrogens is 319 g/mol. The molecule has 4 N–H and O–H groups in total. The predicted molar refractivity (Wildman–Crippen MR) is 98.0 cm³/mol. The fourth-order valence-electron chi connectivity index (χ4n) is 2.94. The number of rotatable bonds is 3. The summed E-state index contributed by atoms with van der Waals surface area (Å²) in [4.78, 5) is 19.0. The number of anilines is 2. The molecule has 0 aliphatic carbocycles. The number of aromatic nitrogens is 2. The van der Waals surface area contributed by atoms with Crippen molar-refractivity contribution in [1.82, 2.24) is 9.97 Å². The van der Waals surface area contributed by atoms with Crippen LogP contribution in [0.5, 0.6) is 0 Å². The molecule has 4 aromatic rings. The van der Waals surface area contributed by atoms with E-state index in [1.54, 1.807) is 18.2 Å². The second-order valence-corrected chi connectivity index (χ2v) is 5.83. The molecule has 3 aromatic carbocycles. The van der Waals surface area contributed by atoms with Crippen LogP contribution in [0.15, 0.2) is 59.4 Å². The molecule has 25 heavy (non-hydrogen) atoms. The van der Waals surface area contributed by atoms with Crippen LogP contribution in [-0.4, -0.2) is 9.97 Å². The lowest BCUT2D eigenvalue weighted by molar-refractivity contribution is 0.628. The van der Waals surface area contributed by atoms with Crippen LogP contribution >= 0.6 is 0 Å². The number of nitrogens with one attached hydrogen (secondary N) is 2. The van der Waals surface area contributed by atoms with Gasteiger partial charge in [-0.25, -0.2) is 9.37 Å². The van der Waals surface area contributed by atoms with Crippen molar-refractivity contribution in [3.63, 3.8) is 0 Å². The van der Waals surface area contributed by atoms with E-state index in [4.69, 9.17) is 5.73 Å². The van der Waals surface area contributed by atoms with Crippen LogP contribution in [0.2, 0.25) is 0 Å². The first-order valence-corrected chi connectivity index (χ1v) is 7.81. The van der Waals surface area contributed by atoms with Crippen molar-refractivity contribution < 1.29 is 4.39 Å². The molecule has 0 aliphatic rings. The smallest absolute Gasteiger partial charge is 0.260 e. The summed E-state index contributed by atoms with van der Waals surface area (Å²) in [5, 5.41) is 5.44. The third-order valence-electron chi connectivity index (χ3n) is 4.09. The highest BCUT2D eigenvalue weighted by molar-refractivity contribution is 6.06. The zero-order valence-electron chi connectivity index (χ0n) is 13.2. The summed E-state index contributed by atoms with van der Waals surface area (Å²) in [6.07, 6.45) is 0. The van der Waals surface area contributed by atoms with Crippen LogP contribution in [0.3, 0.4) is 0 Å². The van der Waals surface area contributed by atoms with Crippen molar-refractivity contribution >= 4 is 33.3 Å². The summed E-state index contributed by atoms with van der Waals surface area (Å²) in [7, 11) is 0. The highest BCUT2D eigenvalue weighted by Gasteiger charge is 2.08. The molecule has 0 unspecified atom stereocenters. The zero-order valence-corrected chi connectivity index (χ0v) is 13.2. The molecule has 0 bridgehead atoms. The number of H-pyrrole nitrogens is 1. The molecule has 1 heterocycles. The van der Waals surface area contributed by atoms with E-state index in [1.807, 2.05) is 24.3 Å². The van der Waals surface area contributed by atoms with E-state index in [-0.39, 0.29) is 17.3 Å². The third-order valence-corrected chi connectivity index (χ3v) is 4.09. The molecule has 0 fully saturated rings. The Bertz CT molecular complexity index is 1150. The minimum atomic E-state index is -0.287. The summed E-state index contributed by atoms with van der Waals surface area (Å²) < 4.78 is 13.3. The number of nitrogens with two attached hydrogens (primary N) is 1. The molecule has 0 amide bonds. The van der Waals surface area contributed by atoms with E-state index in [1.165, 1.54) is 12.1 Å². The topological polar surface area (TPSA) is 83.8 Å². The molecule has 1 aromatic heterocycles. The van der Waals surface area contributed by atoms with Gasteiger partial charge >= 0.3 is 0 Å². The quantitative estimate of drug-likeness (QED) is 0.501. The van der Waals surface area contributed by atoms with Gasteiger partial charge in [0.1, 0.15) is 5.82 Å². The summed E-state index contributed by atoms with van der Waals surface area (Å²) in [6, 6.07) is 15.9. The maximum Gasteiger partial charge on any atom is 0.260 e. The maximum atomic E-state index is 13.3. The van der Waals surface area contributed by atoms with E-state index in [0.29, 0.717) is 23.1 Å². The van der Waals surface area contributed by atoms with Crippen molar-refractivity contribution in [2.45, 2.75) is 6.54 Å². The first-order chi connectivity index (χ1) is 12.1. The predicted octanol–water partition coefficient (Wildman–Crippen LogP) is 3.41. The lowest BCUT2D eigenvalue weighted by Gasteiger charge is -2.09. The molecular formula is C19H15FN4O. The number of hydrogen-bond donors (Lipinski definition) is 3. The van der Waals surface area contributed by atoms with Gasteiger partial charge in [-0.3, -0.25) is 9.78 Å². The fraction of sp³-hybridized carbons (Fsp3) is 0.0526. The number of nitrogen functional groups attached to an aromatic ring is 1. The van der Waals surface area contributed by atoms with Gasteiger partial charge in [-0.15, -0.1) is 0 Å². The van der Waals surface area contributed by atoms with E-state index in [0.717, 1.165) is 16.3 Å². The van der Waals surface area contributed by atoms with E-state index in [2.05, 4.69) is 15.3 Å². The van der Waals surface area contributed by atoms with Crippen LogP contribution in [0.4, 0.5) is 16.0 Å². The van der Waals surface area contributed by atoms with Crippen molar-refractivity contribution in [2.24, 2.45) is 0 Å². The second-order valence-electron chi connectivity index (χ2n) is 5.83. The summed E-state index contributed by atoms with van der Waals surface area (Å²) in [5.74, 6) is -0.189. The van der Waals surface area contributed by atoms with Crippen LogP contribution in [0, 0.1) is 5.82 Å². The fourth-order valence-corrected chi connectivity index (χ4v) is 2.94. The standard InChI is InChI=1S/C19H15FN4O/c20-13-2-1-3-14(9-13)22-10-11-4-5-12-6-7-16-17(15(12)8-11)18(25)24-19(21)23-16/h1-9,22H,10H2,(H3,21,23,24,25). The second kappa shape index (κ2) is 5.90. The Kier molecular flexibility index (Phi) is 3.57. The zero-order chi connectivity index (χ0) is 17.4. The molecule has 0 atom stereocenters. The van der Waals surface area contributed by atoms with Gasteiger partial charge in [0.05, 0.1) is 10.9 Å². The van der Waals surface area contributed by atoms with Crippen molar-refractivity contribution in [2.75, 3.05) is 11.1 Å². The number of halogens is 1. The van der Waals surface area contributed by atoms with Gasteiger partial charge in [0.2, 0.25) is 5.95 Å². The molecule has 5 nitrogen and oxygen atoms in total. The Morgan fingerprint density at radius 1 is 1.12 bits per heavy atom. The minimum Gasteiger partial charge on any atom is -0.381 e. The van der Waals surface area contributed by atoms with Gasteiger partial charge in [0, 0.05) is 12.2 Å². The first-order valence-electron chi connectivity index (χ1n) is 7.81. The number of fused-ring (bicyclic) bond motifs is 3. The monoisotopic (exact) mass is 334 g/mol. The molecule has 0 saturated heterocycles. The Morgan fingerprint density at radius 3 is 2.80 bits per heavy atom. The molecule has 0 spiro atoms. The molecule has 0 aliphatic heterocycles. The molecule has 6 heteroatoms. The van der Waals surface area contributed by atoms with Gasteiger partial charge in [-0.1, -0.05) is 24.3 Å². The van der Waals surface area contributed by atoms with Crippen LogP contribution < -0.4 is 16.6 Å². The Morgan fingerprint density at radius 2 is 1.96 bits per heavy atom. The Labute approximate surface area is 142 Å². The summed E-state index contributed by atoms with van der Waals surface area (Å²) >= 11 is 0. The average Bonchev–Trinajstić information content (AvgIpc) is 2.59. The maximum absolute atomic E-state index is 13.3. The van der Waals surface area contributed by atoms with Gasteiger partial charge < -0.3 is 11.1 Å². The van der Waals surface area contributed by atoms with Crippen LogP contribution in [0.25, 0.3) is 21.7 Å². The van der Waals surface area contributed by atoms with Gasteiger partial charge in [-0.2, -0.15) is 0 Å². The van der Waals surface area contributed by atoms with E-state index >= 15 is 0 Å². The number of nitrogens with zero attached hydrogens (tertiary/aromatic N) is 1. The third kappa shape index (κ3) is 2.89. The van der Waals surface area contributed by atoms with Gasteiger partial charge in [-0.05, 0) is 46.7 Å². The van der Waals surface area contributed by atoms with E-state index in [9.17, 15) is 9.18 Å². The minimum absolute atomic E-state index is 0.0979. The highest BCUT2D eigenvalue weighted by atomic mass is 19.1. The summed E-state index contributed by atoms with van der Waals surface area (Å²) in [6.45, 7) is 0.510. The molecule has 124 valence electrons. The lowest BCUT2D eigenvalue weighted by Crippen LogP contribution is -2.11. The van der Waals surface area contributed by atoms with Crippen LogP contribution in [0.1, 0.15) is 5.56 Å². The first kappa shape index (κ1) is 15.1. The van der Waals surface area contributed by atoms with Crippen molar-refractivity contribution in [1.29, 1.82) is 0 Å². The van der Waals surface area contributed by atoms with E-state index < -0.39 is 0 Å². The Hall–Kier alpha value is -3.41. The van der Waals surface area contributed by atoms with Crippen molar-refractivity contribution in [3.05, 3.63) is 76.3 Å². The highest BCUT2D eigenvalue weighted by Crippen LogP contribution is 2.23. The van der Waals surface area contributed by atoms with Gasteiger partial charge in [0.25, 0.3) is 5.56 Å². The molecule has 0 radical (unpaired) electrons. The number of hydrogen-bond acceptors (Lipinski definition) is 4. The number of benzene rings is 3.